The second-order valence-corrected chi connectivity index (χ2v) is 10.6. The van der Waals surface area contributed by atoms with E-state index >= 15 is 0 Å². The van der Waals surface area contributed by atoms with Gasteiger partial charge in [0, 0.05) is 10.0 Å². The van der Waals surface area contributed by atoms with Gasteiger partial charge in [0.05, 0.1) is 28.5 Å². The molecule has 192 valence electrons. The lowest BCUT2D eigenvalue weighted by Crippen LogP contribution is -2.40. The summed E-state index contributed by atoms with van der Waals surface area (Å²) in [6.07, 6.45) is 3.47. The summed E-state index contributed by atoms with van der Waals surface area (Å²) in [5, 5.41) is 1.97. The number of hydrogen-bond donors (Lipinski definition) is 0. The van der Waals surface area contributed by atoms with Gasteiger partial charge in [-0.3, -0.25) is 9.36 Å². The molecule has 1 atom stereocenters. The number of rotatable bonds is 7. The molecule has 0 bridgehead atoms. The monoisotopic (exact) mass is 588 g/mol. The Bertz CT molecular complexity index is 1780. The fraction of sp³-hybridized carbons (Fsp3) is 0.167. The second-order valence-electron chi connectivity index (χ2n) is 8.65. The van der Waals surface area contributed by atoms with Crippen molar-refractivity contribution in [3.05, 3.63) is 120 Å². The number of aromatic nitrogens is 1. The summed E-state index contributed by atoms with van der Waals surface area (Å²) in [5.41, 5.74) is 2.24. The van der Waals surface area contributed by atoms with Gasteiger partial charge in [0.1, 0.15) is 12.4 Å². The number of esters is 1. The molecule has 6 nitrogen and oxygen atoms in total. The van der Waals surface area contributed by atoms with E-state index in [9.17, 15) is 9.59 Å². The third-order valence-corrected chi connectivity index (χ3v) is 7.73. The van der Waals surface area contributed by atoms with Crippen molar-refractivity contribution >= 4 is 50.1 Å². The van der Waals surface area contributed by atoms with Crippen LogP contribution in [0.1, 0.15) is 31.0 Å². The molecule has 4 aromatic rings. The minimum absolute atomic E-state index is 0.221. The number of carbonyl (C=O) groups excluding carboxylic acids is 1. The molecule has 38 heavy (non-hydrogen) atoms. The lowest BCUT2D eigenvalue weighted by molar-refractivity contribution is -0.139. The van der Waals surface area contributed by atoms with Gasteiger partial charge < -0.3 is 9.47 Å². The Hall–Kier alpha value is -3.75. The Labute approximate surface area is 232 Å². The lowest BCUT2D eigenvalue weighted by Gasteiger charge is -2.25. The maximum Gasteiger partial charge on any atom is 0.338 e. The zero-order valence-electron chi connectivity index (χ0n) is 20.9. The first-order valence-corrected chi connectivity index (χ1v) is 13.7. The molecule has 0 N–H and O–H groups in total. The standard InChI is InChI=1S/C30H25BrN2O4S/c1-4-15-37-24-14-13-21(31)16-20(24)17-25-28(34)33-27(23-12-8-10-19-9-6-7-11-22(19)23)26(29(35)36-5-2)18(3)32-30(33)38-25/h4,6-14,16-17,27H,1,5,15H2,2-3H3/b25-17+/t27-/m0/s1. The normalized spacial score (nSPS) is 15.2. The third-order valence-electron chi connectivity index (χ3n) is 6.25. The first kappa shape index (κ1) is 25.9. The Morgan fingerprint density at radius 2 is 1.97 bits per heavy atom. The number of benzene rings is 3. The third kappa shape index (κ3) is 4.77. The van der Waals surface area contributed by atoms with Crippen LogP contribution in [0.5, 0.6) is 5.75 Å². The quantitative estimate of drug-likeness (QED) is 0.217. The minimum Gasteiger partial charge on any atom is -0.489 e. The van der Waals surface area contributed by atoms with Gasteiger partial charge >= 0.3 is 5.97 Å². The molecule has 0 radical (unpaired) electrons. The topological polar surface area (TPSA) is 69.9 Å². The molecule has 2 heterocycles. The van der Waals surface area contributed by atoms with Gasteiger partial charge in [0.25, 0.3) is 5.56 Å². The van der Waals surface area contributed by atoms with Crippen LogP contribution in [0.3, 0.4) is 0 Å². The van der Waals surface area contributed by atoms with Crippen LogP contribution >= 0.6 is 27.3 Å². The van der Waals surface area contributed by atoms with Gasteiger partial charge in [0.2, 0.25) is 0 Å². The molecular formula is C30H25BrN2O4S. The van der Waals surface area contributed by atoms with E-state index in [1.165, 1.54) is 11.3 Å². The number of carbonyl (C=O) groups is 1. The molecule has 0 saturated heterocycles. The predicted molar refractivity (Wildman–Crippen MR) is 154 cm³/mol. The molecule has 0 fully saturated rings. The van der Waals surface area contributed by atoms with Crippen LogP contribution in [0.4, 0.5) is 0 Å². The molecule has 3 aromatic carbocycles. The van der Waals surface area contributed by atoms with Gasteiger partial charge in [-0.25, -0.2) is 9.79 Å². The van der Waals surface area contributed by atoms with Crippen molar-refractivity contribution in [2.45, 2.75) is 19.9 Å². The Kier molecular flexibility index (Phi) is 7.44. The van der Waals surface area contributed by atoms with E-state index in [-0.39, 0.29) is 12.2 Å². The zero-order chi connectivity index (χ0) is 26.8. The van der Waals surface area contributed by atoms with Gasteiger partial charge in [-0.2, -0.15) is 0 Å². The van der Waals surface area contributed by atoms with E-state index in [0.717, 1.165) is 26.4 Å². The van der Waals surface area contributed by atoms with E-state index in [1.54, 1.807) is 30.6 Å². The maximum atomic E-state index is 14.0. The molecule has 0 aliphatic carbocycles. The average molecular weight is 590 g/mol. The first-order valence-electron chi connectivity index (χ1n) is 12.1. The molecule has 5 rings (SSSR count). The van der Waals surface area contributed by atoms with Gasteiger partial charge in [-0.1, -0.05) is 82.4 Å². The molecule has 1 aromatic heterocycles. The van der Waals surface area contributed by atoms with Crippen LogP contribution in [0.2, 0.25) is 0 Å². The highest BCUT2D eigenvalue weighted by atomic mass is 79.9. The fourth-order valence-electron chi connectivity index (χ4n) is 4.63. The number of fused-ring (bicyclic) bond motifs is 2. The molecular weight excluding hydrogens is 564 g/mol. The van der Waals surface area contributed by atoms with E-state index in [0.29, 0.717) is 33.0 Å². The first-order chi connectivity index (χ1) is 18.4. The molecule has 0 saturated carbocycles. The zero-order valence-corrected chi connectivity index (χ0v) is 23.3. The molecule has 1 aliphatic heterocycles. The van der Waals surface area contributed by atoms with E-state index in [2.05, 4.69) is 27.5 Å². The van der Waals surface area contributed by atoms with E-state index in [1.807, 2.05) is 60.7 Å². The summed E-state index contributed by atoms with van der Waals surface area (Å²) in [7, 11) is 0. The van der Waals surface area contributed by atoms with Gasteiger partial charge in [0.15, 0.2) is 4.80 Å². The number of hydrogen-bond acceptors (Lipinski definition) is 6. The molecule has 0 spiro atoms. The van der Waals surface area contributed by atoms with Gasteiger partial charge in [-0.05, 0) is 54.5 Å². The number of thiazole rings is 1. The van der Waals surface area contributed by atoms with Crippen LogP contribution < -0.4 is 19.6 Å². The highest BCUT2D eigenvalue weighted by Crippen LogP contribution is 2.35. The van der Waals surface area contributed by atoms with Crippen molar-refractivity contribution < 1.29 is 14.3 Å². The molecule has 1 aliphatic rings. The highest BCUT2D eigenvalue weighted by molar-refractivity contribution is 9.10. The number of nitrogens with zero attached hydrogens (tertiary/aromatic N) is 2. The second kappa shape index (κ2) is 10.9. The smallest absolute Gasteiger partial charge is 0.338 e. The Morgan fingerprint density at radius 3 is 2.76 bits per heavy atom. The summed E-state index contributed by atoms with van der Waals surface area (Å²) in [6, 6.07) is 18.8. The van der Waals surface area contributed by atoms with Crippen LogP contribution in [0.15, 0.2) is 98.8 Å². The van der Waals surface area contributed by atoms with Crippen molar-refractivity contribution in [3.63, 3.8) is 0 Å². The summed E-state index contributed by atoms with van der Waals surface area (Å²) in [6.45, 7) is 7.83. The number of halogens is 1. The molecule has 0 amide bonds. The van der Waals surface area contributed by atoms with E-state index in [4.69, 9.17) is 9.47 Å². The van der Waals surface area contributed by atoms with E-state index < -0.39 is 12.0 Å². The summed E-state index contributed by atoms with van der Waals surface area (Å²) < 4.78 is 14.2. The summed E-state index contributed by atoms with van der Waals surface area (Å²) in [5.74, 6) is 0.154. The fourth-order valence-corrected chi connectivity index (χ4v) is 6.04. The SMILES string of the molecule is C=CCOc1ccc(Br)cc1/C=c1/sc2n(c1=O)[C@@H](c1cccc3ccccc13)C(C(=O)OCC)=C(C)N=2. The number of allylic oxidation sites excluding steroid dienone is 1. The Morgan fingerprint density at radius 1 is 1.18 bits per heavy atom. The largest absolute Gasteiger partial charge is 0.489 e. The molecule has 8 heteroatoms. The average Bonchev–Trinajstić information content (AvgIpc) is 3.21. The van der Waals surface area contributed by atoms with Crippen molar-refractivity contribution in [1.82, 2.24) is 4.57 Å². The van der Waals surface area contributed by atoms with Crippen LogP contribution in [0.25, 0.3) is 16.8 Å². The Balaban J connectivity index is 1.77. The summed E-state index contributed by atoms with van der Waals surface area (Å²) in [4.78, 5) is 32.5. The van der Waals surface area contributed by atoms with Crippen molar-refractivity contribution in [2.24, 2.45) is 4.99 Å². The lowest BCUT2D eigenvalue weighted by atomic mass is 9.91. The maximum absolute atomic E-state index is 14.0. The highest BCUT2D eigenvalue weighted by Gasteiger charge is 2.34. The van der Waals surface area contributed by atoms with Crippen molar-refractivity contribution in [2.75, 3.05) is 13.2 Å². The minimum atomic E-state index is -0.683. The van der Waals surface area contributed by atoms with Gasteiger partial charge in [-0.15, -0.1) is 0 Å². The van der Waals surface area contributed by atoms with Crippen molar-refractivity contribution in [3.8, 4) is 5.75 Å². The summed E-state index contributed by atoms with van der Waals surface area (Å²) >= 11 is 4.79. The van der Waals surface area contributed by atoms with Crippen LogP contribution in [0, 0.1) is 0 Å². The van der Waals surface area contributed by atoms with Crippen molar-refractivity contribution in [1.29, 1.82) is 0 Å². The van der Waals surface area contributed by atoms with Crippen LogP contribution in [-0.4, -0.2) is 23.8 Å². The van der Waals surface area contributed by atoms with Crippen LogP contribution in [-0.2, 0) is 9.53 Å². The number of ether oxygens (including phenoxy) is 2. The predicted octanol–water partition coefficient (Wildman–Crippen LogP) is 5.28. The molecule has 0 unspecified atom stereocenters.